The molecule has 0 spiro atoms. The summed E-state index contributed by atoms with van der Waals surface area (Å²) in [5.74, 6) is 6.79. The molecule has 160 valence electrons. The van der Waals surface area contributed by atoms with Gasteiger partial charge < -0.3 is 0 Å². The third-order valence-corrected chi connectivity index (χ3v) is 10.6. The number of rotatable bonds is 5. The Hall–Kier alpha value is -0.330. The summed E-state index contributed by atoms with van der Waals surface area (Å²) < 4.78 is 0. The van der Waals surface area contributed by atoms with Gasteiger partial charge in [-0.1, -0.05) is 53.9 Å². The molecule has 0 aromatic rings. The summed E-state index contributed by atoms with van der Waals surface area (Å²) in [6, 6.07) is 0. The predicted octanol–water partition coefficient (Wildman–Crippen LogP) is 7.68. The molecule has 1 nitrogen and oxygen atoms in total. The molecule has 4 aliphatic carbocycles. The maximum absolute atomic E-state index is 12.4. The van der Waals surface area contributed by atoms with Crippen LogP contribution in [-0.4, -0.2) is 5.78 Å². The Morgan fingerprint density at radius 2 is 1.64 bits per heavy atom. The maximum atomic E-state index is 12.4. The maximum Gasteiger partial charge on any atom is 0.133 e. The highest BCUT2D eigenvalue weighted by Crippen LogP contribution is 2.68. The number of fused-ring (bicyclic) bond motifs is 5. The van der Waals surface area contributed by atoms with Gasteiger partial charge in [-0.3, -0.25) is 4.79 Å². The molecule has 0 N–H and O–H groups in total. The highest BCUT2D eigenvalue weighted by molar-refractivity contribution is 5.80. The van der Waals surface area contributed by atoms with Crippen molar-refractivity contribution in [2.45, 2.75) is 112 Å². The van der Waals surface area contributed by atoms with Crippen LogP contribution >= 0.6 is 0 Å². The van der Waals surface area contributed by atoms with Crippen molar-refractivity contribution in [2.75, 3.05) is 0 Å². The molecule has 0 aromatic carbocycles. The Labute approximate surface area is 174 Å². The quantitative estimate of drug-likeness (QED) is 0.473. The van der Waals surface area contributed by atoms with E-state index in [2.05, 4.69) is 34.6 Å². The van der Waals surface area contributed by atoms with E-state index in [1.165, 1.54) is 64.2 Å². The number of carbonyl (C=O) groups is 1. The van der Waals surface area contributed by atoms with E-state index in [4.69, 9.17) is 0 Å². The molecule has 4 fully saturated rings. The molecule has 8 atom stereocenters. The normalized spacial score (nSPS) is 46.8. The minimum absolute atomic E-state index is 0.334. The van der Waals surface area contributed by atoms with Crippen LogP contribution in [0.1, 0.15) is 112 Å². The van der Waals surface area contributed by atoms with Gasteiger partial charge in [-0.05, 0) is 97.2 Å². The SMILES string of the molecule is CC(C)CCC[C@@H](C)[C@H]1CC[C@H]2[C@@H]3CCC4CCC(=O)C[C@]4(C)[C@H]3CC[C@]12C. The summed E-state index contributed by atoms with van der Waals surface area (Å²) in [5.41, 5.74) is 0.917. The molecule has 0 bridgehead atoms. The molecule has 28 heavy (non-hydrogen) atoms. The van der Waals surface area contributed by atoms with Gasteiger partial charge in [0.05, 0.1) is 0 Å². The van der Waals surface area contributed by atoms with Crippen molar-refractivity contribution in [3.63, 3.8) is 0 Å². The number of hydrogen-bond acceptors (Lipinski definition) is 1. The first-order chi connectivity index (χ1) is 13.3. The molecule has 0 amide bonds. The van der Waals surface area contributed by atoms with Gasteiger partial charge in [0.25, 0.3) is 0 Å². The lowest BCUT2D eigenvalue weighted by molar-refractivity contribution is -0.142. The predicted molar refractivity (Wildman–Crippen MR) is 118 cm³/mol. The summed E-state index contributed by atoms with van der Waals surface area (Å²) in [5, 5.41) is 0. The van der Waals surface area contributed by atoms with E-state index < -0.39 is 0 Å². The van der Waals surface area contributed by atoms with Gasteiger partial charge in [0.15, 0.2) is 0 Å². The minimum Gasteiger partial charge on any atom is -0.300 e. The number of carbonyl (C=O) groups excluding carboxylic acids is 1. The second-order valence-electron chi connectivity index (χ2n) is 12.4. The molecule has 0 radical (unpaired) electrons. The van der Waals surface area contributed by atoms with Gasteiger partial charge in [-0.2, -0.15) is 0 Å². The molecular formula is C27H46O. The summed E-state index contributed by atoms with van der Waals surface area (Å²) in [4.78, 5) is 12.4. The fourth-order valence-electron chi connectivity index (χ4n) is 9.16. The van der Waals surface area contributed by atoms with E-state index >= 15 is 0 Å². The monoisotopic (exact) mass is 386 g/mol. The number of hydrogen-bond donors (Lipinski definition) is 0. The largest absolute Gasteiger partial charge is 0.300 e. The number of ketones is 1. The average Bonchev–Trinajstić information content (AvgIpc) is 2.98. The number of Topliss-reactive ketones (excluding diaryl/α,β-unsaturated/α-hetero) is 1. The Morgan fingerprint density at radius 3 is 2.39 bits per heavy atom. The van der Waals surface area contributed by atoms with Gasteiger partial charge in [-0.15, -0.1) is 0 Å². The molecule has 0 heterocycles. The second-order valence-corrected chi connectivity index (χ2v) is 12.4. The lowest BCUT2D eigenvalue weighted by Gasteiger charge is -2.60. The lowest BCUT2D eigenvalue weighted by Crippen LogP contribution is -2.54. The average molecular weight is 387 g/mol. The molecular weight excluding hydrogens is 340 g/mol. The third-order valence-electron chi connectivity index (χ3n) is 10.6. The van der Waals surface area contributed by atoms with Gasteiger partial charge in [0, 0.05) is 12.8 Å². The Bertz CT molecular complexity index is 579. The van der Waals surface area contributed by atoms with Crippen LogP contribution in [0.3, 0.4) is 0 Å². The fraction of sp³-hybridized carbons (Fsp3) is 0.963. The zero-order valence-corrected chi connectivity index (χ0v) is 19.4. The highest BCUT2D eigenvalue weighted by atomic mass is 16.1. The van der Waals surface area contributed by atoms with Crippen molar-refractivity contribution in [3.8, 4) is 0 Å². The molecule has 1 heteroatoms. The van der Waals surface area contributed by atoms with E-state index in [0.29, 0.717) is 16.6 Å². The molecule has 0 saturated heterocycles. The minimum atomic E-state index is 0.334. The van der Waals surface area contributed by atoms with E-state index in [1.54, 1.807) is 0 Å². The van der Waals surface area contributed by atoms with Gasteiger partial charge in [-0.25, -0.2) is 0 Å². The van der Waals surface area contributed by atoms with E-state index in [-0.39, 0.29) is 0 Å². The van der Waals surface area contributed by atoms with Crippen molar-refractivity contribution in [1.82, 2.24) is 0 Å². The van der Waals surface area contributed by atoms with Gasteiger partial charge in [0.2, 0.25) is 0 Å². The first-order valence-corrected chi connectivity index (χ1v) is 12.8. The summed E-state index contributed by atoms with van der Waals surface area (Å²) in [6.45, 7) is 12.5. The standard InChI is InChI=1S/C27H46O/c1-18(2)7-6-8-19(3)23-13-14-24-22-12-10-20-9-11-21(28)17-27(20,5)25(22)15-16-26(23,24)4/h18-20,22-25H,6-17H2,1-5H3/t19-,20?,22+,23-,24+,25+,26-,27+/m1/s1. The summed E-state index contributed by atoms with van der Waals surface area (Å²) in [6.07, 6.45) is 15.9. The first-order valence-electron chi connectivity index (χ1n) is 12.8. The fourth-order valence-corrected chi connectivity index (χ4v) is 9.16. The first kappa shape index (κ1) is 20.9. The van der Waals surface area contributed by atoms with E-state index in [0.717, 1.165) is 54.3 Å². The molecule has 0 aromatic heterocycles. The molecule has 0 aliphatic heterocycles. The van der Waals surface area contributed by atoms with Crippen LogP contribution in [0.25, 0.3) is 0 Å². The van der Waals surface area contributed by atoms with Crippen molar-refractivity contribution < 1.29 is 4.79 Å². The Balaban J connectivity index is 1.48. The summed E-state index contributed by atoms with van der Waals surface area (Å²) in [7, 11) is 0. The zero-order chi connectivity index (χ0) is 20.1. The van der Waals surface area contributed by atoms with E-state index in [1.807, 2.05) is 0 Å². The van der Waals surface area contributed by atoms with Crippen LogP contribution in [-0.2, 0) is 4.79 Å². The Morgan fingerprint density at radius 1 is 0.893 bits per heavy atom. The Kier molecular flexibility index (Phi) is 5.78. The molecule has 4 aliphatic rings. The van der Waals surface area contributed by atoms with E-state index in [9.17, 15) is 4.79 Å². The van der Waals surface area contributed by atoms with Crippen LogP contribution in [0.15, 0.2) is 0 Å². The van der Waals surface area contributed by atoms with Crippen LogP contribution < -0.4 is 0 Å². The summed E-state index contributed by atoms with van der Waals surface area (Å²) >= 11 is 0. The van der Waals surface area contributed by atoms with Crippen molar-refractivity contribution in [1.29, 1.82) is 0 Å². The topological polar surface area (TPSA) is 17.1 Å². The molecule has 1 unspecified atom stereocenters. The second kappa shape index (κ2) is 7.73. The van der Waals surface area contributed by atoms with Crippen LogP contribution in [0.5, 0.6) is 0 Å². The third kappa shape index (κ3) is 3.41. The van der Waals surface area contributed by atoms with Crippen molar-refractivity contribution in [3.05, 3.63) is 0 Å². The van der Waals surface area contributed by atoms with Crippen LogP contribution in [0.4, 0.5) is 0 Å². The highest BCUT2D eigenvalue weighted by Gasteiger charge is 2.60. The van der Waals surface area contributed by atoms with Crippen LogP contribution in [0, 0.1) is 52.3 Å². The van der Waals surface area contributed by atoms with Gasteiger partial charge >= 0.3 is 0 Å². The molecule has 4 saturated carbocycles. The molecule has 4 rings (SSSR count). The lowest BCUT2D eigenvalue weighted by atomic mass is 9.44. The zero-order valence-electron chi connectivity index (χ0n) is 19.4. The smallest absolute Gasteiger partial charge is 0.133 e. The van der Waals surface area contributed by atoms with Crippen molar-refractivity contribution in [2.24, 2.45) is 52.3 Å². The van der Waals surface area contributed by atoms with Crippen molar-refractivity contribution >= 4 is 5.78 Å². The van der Waals surface area contributed by atoms with Crippen LogP contribution in [0.2, 0.25) is 0 Å². The van der Waals surface area contributed by atoms with Gasteiger partial charge in [0.1, 0.15) is 5.78 Å².